The quantitative estimate of drug-likeness (QED) is 0.642. The molecule has 18 heavy (non-hydrogen) atoms. The maximum atomic E-state index is 11.8. The lowest BCUT2D eigenvalue weighted by atomic mass is 10.3. The molecule has 0 saturated heterocycles. The highest BCUT2D eigenvalue weighted by Crippen LogP contribution is 2.23. The summed E-state index contributed by atoms with van der Waals surface area (Å²) in [5.74, 6) is 0.0637. The number of esters is 1. The summed E-state index contributed by atoms with van der Waals surface area (Å²) in [5, 5.41) is 7.16. The van der Waals surface area contributed by atoms with E-state index in [9.17, 15) is 4.79 Å². The van der Waals surface area contributed by atoms with Crippen molar-refractivity contribution >= 4 is 34.9 Å². The first-order valence-corrected chi connectivity index (χ1v) is 5.66. The lowest BCUT2D eigenvalue weighted by molar-refractivity contribution is 0.0529. The van der Waals surface area contributed by atoms with Crippen molar-refractivity contribution in [1.29, 1.82) is 0 Å². The van der Waals surface area contributed by atoms with Crippen LogP contribution >= 0.6 is 11.6 Å². The average Bonchev–Trinajstić information content (AvgIpc) is 2.64. The molecule has 96 valence electrons. The van der Waals surface area contributed by atoms with Gasteiger partial charge in [0, 0.05) is 13.1 Å². The molecule has 3 N–H and O–H groups in total. The zero-order valence-corrected chi connectivity index (χ0v) is 10.7. The number of rotatable bonds is 3. The van der Waals surface area contributed by atoms with E-state index < -0.39 is 5.97 Å². The van der Waals surface area contributed by atoms with Gasteiger partial charge in [-0.15, -0.1) is 5.10 Å². The number of hydrogen-bond acceptors (Lipinski definition) is 6. The Labute approximate surface area is 108 Å². The molecule has 0 atom stereocenters. The van der Waals surface area contributed by atoms with Crippen LogP contribution in [-0.2, 0) is 4.74 Å². The fraction of sp³-hybridized carbons (Fsp3) is 0.300. The molecule has 0 aromatic carbocycles. The summed E-state index contributed by atoms with van der Waals surface area (Å²) in [5.41, 5.74) is 6.10. The van der Waals surface area contributed by atoms with Gasteiger partial charge in [0.2, 0.25) is 0 Å². The van der Waals surface area contributed by atoms with Gasteiger partial charge in [-0.3, -0.25) is 0 Å². The van der Waals surface area contributed by atoms with Gasteiger partial charge in [-0.1, -0.05) is 11.6 Å². The number of nitrogens with two attached hydrogens (primary N) is 1. The molecule has 0 saturated carbocycles. The number of anilines is 2. The molecular weight excluding hydrogens is 258 g/mol. The highest BCUT2D eigenvalue weighted by atomic mass is 35.5. The van der Waals surface area contributed by atoms with Gasteiger partial charge in [0.15, 0.2) is 11.5 Å². The van der Waals surface area contributed by atoms with E-state index >= 15 is 0 Å². The van der Waals surface area contributed by atoms with E-state index in [1.165, 1.54) is 4.52 Å². The van der Waals surface area contributed by atoms with E-state index in [0.29, 0.717) is 5.82 Å². The van der Waals surface area contributed by atoms with Crippen LogP contribution in [0, 0.1) is 0 Å². The Bertz CT molecular complexity index is 610. The van der Waals surface area contributed by atoms with Gasteiger partial charge in [0.25, 0.3) is 0 Å². The topological polar surface area (TPSA) is 94.5 Å². The third-order valence-corrected chi connectivity index (χ3v) is 2.51. The Balaban J connectivity index is 2.70. The molecule has 0 radical (unpaired) electrons. The second kappa shape index (κ2) is 4.69. The van der Waals surface area contributed by atoms with Crippen molar-refractivity contribution < 1.29 is 9.53 Å². The van der Waals surface area contributed by atoms with Gasteiger partial charge in [0.05, 0.1) is 6.61 Å². The van der Waals surface area contributed by atoms with Gasteiger partial charge in [-0.2, -0.15) is 4.52 Å². The first-order chi connectivity index (χ1) is 8.58. The third kappa shape index (κ3) is 1.92. The highest BCUT2D eigenvalue weighted by molar-refractivity contribution is 6.29. The third-order valence-electron chi connectivity index (χ3n) is 2.32. The Morgan fingerprint density at radius 1 is 1.67 bits per heavy atom. The van der Waals surface area contributed by atoms with Crippen LogP contribution in [0.15, 0.2) is 6.07 Å². The number of aromatic nitrogens is 3. The molecular formula is C10H12ClN5O2. The zero-order chi connectivity index (χ0) is 13.3. The minimum Gasteiger partial charge on any atom is -0.462 e. The zero-order valence-electron chi connectivity index (χ0n) is 9.90. The van der Waals surface area contributed by atoms with E-state index in [1.54, 1.807) is 20.0 Å². The van der Waals surface area contributed by atoms with Crippen LogP contribution in [0.5, 0.6) is 0 Å². The van der Waals surface area contributed by atoms with Gasteiger partial charge in [0.1, 0.15) is 16.5 Å². The summed E-state index contributed by atoms with van der Waals surface area (Å²) in [6.07, 6.45) is 0. The van der Waals surface area contributed by atoms with Crippen molar-refractivity contribution in [2.75, 3.05) is 24.7 Å². The molecule has 0 amide bonds. The Morgan fingerprint density at radius 3 is 3.00 bits per heavy atom. The summed E-state index contributed by atoms with van der Waals surface area (Å²) < 4.78 is 6.32. The summed E-state index contributed by atoms with van der Waals surface area (Å²) in [6.45, 7) is 1.95. The number of carbonyl (C=O) groups excluding carboxylic acids is 1. The number of nitrogen functional groups attached to an aromatic ring is 1. The van der Waals surface area contributed by atoms with Crippen molar-refractivity contribution in [2.24, 2.45) is 0 Å². The second-order valence-corrected chi connectivity index (χ2v) is 3.82. The number of fused-ring (bicyclic) bond motifs is 1. The lowest BCUT2D eigenvalue weighted by Gasteiger charge is -2.04. The Morgan fingerprint density at radius 2 is 2.39 bits per heavy atom. The van der Waals surface area contributed by atoms with Crippen LogP contribution < -0.4 is 11.1 Å². The van der Waals surface area contributed by atoms with Gasteiger partial charge in [-0.25, -0.2) is 9.78 Å². The number of hydrogen-bond donors (Lipinski definition) is 2. The van der Waals surface area contributed by atoms with Crippen molar-refractivity contribution in [1.82, 2.24) is 14.6 Å². The summed E-state index contributed by atoms with van der Waals surface area (Å²) in [7, 11) is 1.70. The second-order valence-electron chi connectivity index (χ2n) is 3.43. The predicted molar refractivity (Wildman–Crippen MR) is 67.9 cm³/mol. The number of carbonyl (C=O) groups is 1. The maximum Gasteiger partial charge on any atom is 0.345 e. The van der Waals surface area contributed by atoms with Crippen LogP contribution in [-0.4, -0.2) is 34.2 Å². The van der Waals surface area contributed by atoms with Crippen LogP contribution in [0.1, 0.15) is 17.3 Å². The molecule has 2 aromatic rings. The normalized spacial score (nSPS) is 10.6. The fourth-order valence-electron chi connectivity index (χ4n) is 1.58. The summed E-state index contributed by atoms with van der Waals surface area (Å²) >= 11 is 5.88. The average molecular weight is 270 g/mol. The highest BCUT2D eigenvalue weighted by Gasteiger charge is 2.22. The van der Waals surface area contributed by atoms with Gasteiger partial charge < -0.3 is 15.8 Å². The number of nitrogens with zero attached hydrogens (tertiary/aromatic N) is 3. The molecule has 0 spiro atoms. The van der Waals surface area contributed by atoms with E-state index in [4.69, 9.17) is 22.1 Å². The first-order valence-electron chi connectivity index (χ1n) is 5.28. The maximum absolute atomic E-state index is 11.8. The number of halogens is 1. The Hall–Kier alpha value is -2.02. The smallest absolute Gasteiger partial charge is 0.345 e. The van der Waals surface area contributed by atoms with Crippen molar-refractivity contribution in [2.45, 2.75) is 6.92 Å². The van der Waals surface area contributed by atoms with Crippen molar-refractivity contribution in [3.05, 3.63) is 16.8 Å². The van der Waals surface area contributed by atoms with Gasteiger partial charge in [-0.05, 0) is 6.92 Å². The summed E-state index contributed by atoms with van der Waals surface area (Å²) in [6, 6.07) is 1.58. The molecule has 0 fully saturated rings. The van der Waals surface area contributed by atoms with Crippen LogP contribution in [0.25, 0.3) is 5.65 Å². The standard InChI is InChI=1S/C10H12ClN5O2/c1-3-18-10(17)7-8(12)15-16-6(13-2)4-5(11)14-9(7)16/h4,13H,3H2,1-2H3,(H2,12,15). The molecule has 8 heteroatoms. The van der Waals surface area contributed by atoms with Gasteiger partial charge >= 0.3 is 5.97 Å². The van der Waals surface area contributed by atoms with E-state index in [1.807, 2.05) is 0 Å². The van der Waals surface area contributed by atoms with E-state index in [-0.39, 0.29) is 28.8 Å². The molecule has 0 aliphatic heterocycles. The molecule has 0 aliphatic carbocycles. The van der Waals surface area contributed by atoms with E-state index in [2.05, 4.69) is 15.4 Å². The minimum atomic E-state index is -0.568. The van der Waals surface area contributed by atoms with E-state index in [0.717, 1.165) is 0 Å². The number of nitrogens with one attached hydrogen (secondary N) is 1. The monoisotopic (exact) mass is 269 g/mol. The lowest BCUT2D eigenvalue weighted by Crippen LogP contribution is -2.07. The molecule has 2 aromatic heterocycles. The predicted octanol–water partition coefficient (Wildman–Crippen LogP) is 1.18. The Kier molecular flexibility index (Phi) is 3.24. The minimum absolute atomic E-state index is 0.0553. The molecule has 2 rings (SSSR count). The molecule has 0 bridgehead atoms. The SMILES string of the molecule is CCOC(=O)c1c(N)nn2c(NC)cc(Cl)nc12. The molecule has 2 heterocycles. The largest absolute Gasteiger partial charge is 0.462 e. The fourth-order valence-corrected chi connectivity index (χ4v) is 1.76. The summed E-state index contributed by atoms with van der Waals surface area (Å²) in [4.78, 5) is 15.8. The number of ether oxygens (including phenoxy) is 1. The molecule has 7 nitrogen and oxygen atoms in total. The molecule has 0 unspecified atom stereocenters. The first kappa shape index (κ1) is 12.4. The van der Waals surface area contributed by atoms with Crippen LogP contribution in [0.3, 0.4) is 0 Å². The molecule has 0 aliphatic rings. The van der Waals surface area contributed by atoms with Crippen molar-refractivity contribution in [3.8, 4) is 0 Å². The van der Waals surface area contributed by atoms with Crippen molar-refractivity contribution in [3.63, 3.8) is 0 Å². The van der Waals surface area contributed by atoms with Crippen LogP contribution in [0.2, 0.25) is 5.15 Å². The van der Waals surface area contributed by atoms with Crippen LogP contribution in [0.4, 0.5) is 11.6 Å².